The van der Waals surface area contributed by atoms with E-state index in [-0.39, 0.29) is 5.91 Å². The number of carbonyl (C=O) groups is 1. The van der Waals surface area contributed by atoms with Crippen LogP contribution in [-0.2, 0) is 16.0 Å². The lowest BCUT2D eigenvalue weighted by atomic mass is 9.93. The number of carbonyl (C=O) groups excluding carboxylic acids is 1. The minimum atomic E-state index is 0.0628. The molecule has 5 nitrogen and oxygen atoms in total. The summed E-state index contributed by atoms with van der Waals surface area (Å²) in [6.45, 7) is 1.82. The standard InChI is InChI=1S/C14H22N2O3/c1-18-10-8-16-14(17)5-7-15-12-3-2-4-13-11(12)6-9-19-13/h6,9,12,15H,2-5,7-8,10H2,1H3,(H,16,17). The predicted molar refractivity (Wildman–Crippen MR) is 71.9 cm³/mol. The van der Waals surface area contributed by atoms with E-state index in [4.69, 9.17) is 9.15 Å². The second kappa shape index (κ2) is 7.31. The molecule has 1 heterocycles. The Hall–Kier alpha value is -1.33. The van der Waals surface area contributed by atoms with Gasteiger partial charge in [-0.25, -0.2) is 0 Å². The number of amides is 1. The fourth-order valence-corrected chi connectivity index (χ4v) is 2.44. The summed E-state index contributed by atoms with van der Waals surface area (Å²) >= 11 is 0. The third-order valence-electron chi connectivity index (χ3n) is 3.42. The largest absolute Gasteiger partial charge is 0.469 e. The van der Waals surface area contributed by atoms with Crippen molar-refractivity contribution < 1.29 is 13.9 Å². The molecule has 0 aromatic carbocycles. The van der Waals surface area contributed by atoms with Gasteiger partial charge in [-0.15, -0.1) is 0 Å². The molecule has 2 rings (SSSR count). The molecule has 0 bridgehead atoms. The molecule has 1 aromatic heterocycles. The Bertz CT molecular complexity index is 403. The van der Waals surface area contributed by atoms with Gasteiger partial charge < -0.3 is 19.8 Å². The zero-order chi connectivity index (χ0) is 13.5. The van der Waals surface area contributed by atoms with Crippen molar-refractivity contribution in [3.63, 3.8) is 0 Å². The monoisotopic (exact) mass is 266 g/mol. The molecule has 1 aromatic rings. The van der Waals surface area contributed by atoms with Crippen LogP contribution in [0.3, 0.4) is 0 Å². The van der Waals surface area contributed by atoms with E-state index in [0.29, 0.717) is 32.2 Å². The smallest absolute Gasteiger partial charge is 0.221 e. The normalized spacial score (nSPS) is 18.1. The van der Waals surface area contributed by atoms with E-state index in [0.717, 1.165) is 25.0 Å². The summed E-state index contributed by atoms with van der Waals surface area (Å²) in [4.78, 5) is 11.5. The van der Waals surface area contributed by atoms with Crippen LogP contribution in [0.4, 0.5) is 0 Å². The van der Waals surface area contributed by atoms with Crippen LogP contribution in [0.25, 0.3) is 0 Å². The molecule has 0 aliphatic heterocycles. The van der Waals surface area contributed by atoms with Gasteiger partial charge in [0.1, 0.15) is 5.76 Å². The van der Waals surface area contributed by atoms with Crippen molar-refractivity contribution in [2.24, 2.45) is 0 Å². The van der Waals surface area contributed by atoms with E-state index in [1.807, 2.05) is 6.07 Å². The summed E-state index contributed by atoms with van der Waals surface area (Å²) in [6.07, 6.45) is 5.52. The zero-order valence-corrected chi connectivity index (χ0v) is 11.4. The fraction of sp³-hybridized carbons (Fsp3) is 0.643. The van der Waals surface area contributed by atoms with Crippen LogP contribution in [0, 0.1) is 0 Å². The number of furan rings is 1. The van der Waals surface area contributed by atoms with E-state index >= 15 is 0 Å². The minimum absolute atomic E-state index is 0.0628. The first-order valence-electron chi connectivity index (χ1n) is 6.86. The zero-order valence-electron chi connectivity index (χ0n) is 11.4. The first-order chi connectivity index (χ1) is 9.31. The summed E-state index contributed by atoms with van der Waals surface area (Å²) in [6, 6.07) is 2.36. The Balaban J connectivity index is 1.68. The molecule has 19 heavy (non-hydrogen) atoms. The highest BCUT2D eigenvalue weighted by Gasteiger charge is 2.21. The number of nitrogens with one attached hydrogen (secondary N) is 2. The molecule has 5 heteroatoms. The van der Waals surface area contributed by atoms with Crippen molar-refractivity contribution in [2.45, 2.75) is 31.7 Å². The average Bonchev–Trinajstić information content (AvgIpc) is 2.88. The molecular weight excluding hydrogens is 244 g/mol. The molecule has 0 saturated carbocycles. The number of aryl methyl sites for hydroxylation is 1. The van der Waals surface area contributed by atoms with Gasteiger partial charge in [0.05, 0.1) is 12.9 Å². The molecule has 2 N–H and O–H groups in total. The summed E-state index contributed by atoms with van der Waals surface area (Å²) in [5.41, 5.74) is 1.26. The third kappa shape index (κ3) is 4.08. The molecule has 0 fully saturated rings. The molecule has 0 saturated heterocycles. The molecule has 1 aliphatic rings. The first-order valence-corrected chi connectivity index (χ1v) is 6.86. The van der Waals surface area contributed by atoms with Crippen LogP contribution < -0.4 is 10.6 Å². The topological polar surface area (TPSA) is 63.5 Å². The van der Waals surface area contributed by atoms with E-state index in [9.17, 15) is 4.79 Å². The molecule has 1 aliphatic carbocycles. The van der Waals surface area contributed by atoms with E-state index in [2.05, 4.69) is 10.6 Å². The summed E-state index contributed by atoms with van der Waals surface area (Å²) < 4.78 is 10.3. The second-order valence-corrected chi connectivity index (χ2v) is 4.79. The Labute approximate surface area is 113 Å². The van der Waals surface area contributed by atoms with Gasteiger partial charge in [0.25, 0.3) is 0 Å². The molecular formula is C14H22N2O3. The number of hydrogen-bond donors (Lipinski definition) is 2. The third-order valence-corrected chi connectivity index (χ3v) is 3.42. The Morgan fingerprint density at radius 2 is 2.42 bits per heavy atom. The quantitative estimate of drug-likeness (QED) is 0.732. The van der Waals surface area contributed by atoms with Crippen LogP contribution in [-0.4, -0.2) is 32.7 Å². The lowest BCUT2D eigenvalue weighted by molar-refractivity contribution is -0.121. The van der Waals surface area contributed by atoms with E-state index < -0.39 is 0 Å². The highest BCUT2D eigenvalue weighted by atomic mass is 16.5. The van der Waals surface area contributed by atoms with Gasteiger partial charge in [0.15, 0.2) is 0 Å². The van der Waals surface area contributed by atoms with Gasteiger partial charge in [0.2, 0.25) is 5.91 Å². The number of ether oxygens (including phenoxy) is 1. The molecule has 0 spiro atoms. The summed E-state index contributed by atoms with van der Waals surface area (Å²) in [7, 11) is 1.62. The van der Waals surface area contributed by atoms with Crippen molar-refractivity contribution in [1.29, 1.82) is 0 Å². The SMILES string of the molecule is COCCNC(=O)CCNC1CCCc2occc21. The number of rotatable bonds is 7. The maximum Gasteiger partial charge on any atom is 0.221 e. The van der Waals surface area contributed by atoms with Crippen molar-refractivity contribution >= 4 is 5.91 Å². The Kier molecular flexibility index (Phi) is 5.42. The highest BCUT2D eigenvalue weighted by molar-refractivity contribution is 5.76. The van der Waals surface area contributed by atoms with E-state index in [1.165, 1.54) is 5.56 Å². The van der Waals surface area contributed by atoms with Gasteiger partial charge >= 0.3 is 0 Å². The van der Waals surface area contributed by atoms with Crippen LogP contribution in [0.2, 0.25) is 0 Å². The van der Waals surface area contributed by atoms with E-state index in [1.54, 1.807) is 13.4 Å². The summed E-state index contributed by atoms with van der Waals surface area (Å²) in [5.74, 6) is 1.15. The number of fused-ring (bicyclic) bond motifs is 1. The van der Waals surface area contributed by atoms with Crippen molar-refractivity contribution in [3.8, 4) is 0 Å². The molecule has 0 radical (unpaired) electrons. The molecule has 1 amide bonds. The Morgan fingerprint density at radius 1 is 1.53 bits per heavy atom. The number of methoxy groups -OCH3 is 1. The second-order valence-electron chi connectivity index (χ2n) is 4.79. The van der Waals surface area contributed by atoms with Crippen molar-refractivity contribution in [3.05, 3.63) is 23.7 Å². The van der Waals surface area contributed by atoms with Gasteiger partial charge in [0, 0.05) is 44.6 Å². The van der Waals surface area contributed by atoms with Crippen LogP contribution >= 0.6 is 0 Å². The predicted octanol–water partition coefficient (Wildman–Crippen LogP) is 1.40. The van der Waals surface area contributed by atoms with Gasteiger partial charge in [-0.3, -0.25) is 4.79 Å². The lowest BCUT2D eigenvalue weighted by Gasteiger charge is -2.22. The number of hydrogen-bond acceptors (Lipinski definition) is 4. The fourth-order valence-electron chi connectivity index (χ4n) is 2.44. The van der Waals surface area contributed by atoms with Gasteiger partial charge in [-0.2, -0.15) is 0 Å². The first kappa shape index (κ1) is 14.1. The van der Waals surface area contributed by atoms with Gasteiger partial charge in [-0.05, 0) is 18.9 Å². The van der Waals surface area contributed by atoms with Crippen LogP contribution in [0.1, 0.15) is 36.6 Å². The van der Waals surface area contributed by atoms with Crippen molar-refractivity contribution in [1.82, 2.24) is 10.6 Å². The highest BCUT2D eigenvalue weighted by Crippen LogP contribution is 2.30. The average molecular weight is 266 g/mol. The molecule has 1 atom stereocenters. The van der Waals surface area contributed by atoms with Crippen LogP contribution in [0.15, 0.2) is 16.7 Å². The maximum absolute atomic E-state index is 11.5. The van der Waals surface area contributed by atoms with Crippen LogP contribution in [0.5, 0.6) is 0 Å². The minimum Gasteiger partial charge on any atom is -0.469 e. The lowest BCUT2D eigenvalue weighted by Crippen LogP contribution is -2.32. The Morgan fingerprint density at radius 3 is 3.26 bits per heavy atom. The molecule has 106 valence electrons. The van der Waals surface area contributed by atoms with Gasteiger partial charge in [-0.1, -0.05) is 0 Å². The van der Waals surface area contributed by atoms with Crippen molar-refractivity contribution in [2.75, 3.05) is 26.8 Å². The summed E-state index contributed by atoms with van der Waals surface area (Å²) in [5, 5.41) is 6.25. The molecule has 1 unspecified atom stereocenters. The maximum atomic E-state index is 11.5.